The average Bonchev–Trinajstić information content (AvgIpc) is 3.36. The summed E-state index contributed by atoms with van der Waals surface area (Å²) in [5.74, 6) is -0.245. The van der Waals surface area contributed by atoms with Crippen LogP contribution < -0.4 is 5.32 Å². The van der Waals surface area contributed by atoms with E-state index in [1.807, 2.05) is 60.7 Å². The highest BCUT2D eigenvalue weighted by Crippen LogP contribution is 2.27. The molecule has 4 rings (SSSR count). The monoisotopic (exact) mass is 374 g/mol. The average molecular weight is 374 g/mol. The van der Waals surface area contributed by atoms with Crippen LogP contribution in [0.1, 0.15) is 32.7 Å². The van der Waals surface area contributed by atoms with E-state index in [2.05, 4.69) is 27.4 Å². The van der Waals surface area contributed by atoms with Crippen molar-refractivity contribution in [3.05, 3.63) is 94.8 Å². The third kappa shape index (κ3) is 3.80. The number of aromatic amines is 1. The van der Waals surface area contributed by atoms with Crippen LogP contribution >= 0.6 is 11.3 Å². The summed E-state index contributed by atoms with van der Waals surface area (Å²) >= 11 is 1.66. The molecule has 134 valence electrons. The Hall–Kier alpha value is -3.25. The van der Waals surface area contributed by atoms with Crippen molar-refractivity contribution in [1.82, 2.24) is 20.5 Å². The van der Waals surface area contributed by atoms with Crippen LogP contribution in [0.25, 0.3) is 10.6 Å². The van der Waals surface area contributed by atoms with Gasteiger partial charge >= 0.3 is 0 Å². The van der Waals surface area contributed by atoms with E-state index >= 15 is 0 Å². The highest BCUT2D eigenvalue weighted by molar-refractivity contribution is 7.15. The molecule has 0 aliphatic heterocycles. The van der Waals surface area contributed by atoms with E-state index in [-0.39, 0.29) is 11.9 Å². The number of rotatable bonds is 5. The van der Waals surface area contributed by atoms with Crippen LogP contribution in [0.5, 0.6) is 0 Å². The number of hydrogen-bond acceptors (Lipinski definition) is 4. The van der Waals surface area contributed by atoms with Gasteiger partial charge < -0.3 is 5.32 Å². The molecule has 0 bridgehead atoms. The van der Waals surface area contributed by atoms with E-state index in [1.54, 1.807) is 23.6 Å². The number of hydrogen-bond donors (Lipinski definition) is 2. The molecular formula is C21H18N4OS. The third-order valence-electron chi connectivity index (χ3n) is 4.21. The van der Waals surface area contributed by atoms with E-state index < -0.39 is 0 Å². The zero-order chi connectivity index (χ0) is 18.6. The van der Waals surface area contributed by atoms with Gasteiger partial charge in [-0.2, -0.15) is 5.10 Å². The number of carbonyl (C=O) groups excluding carboxylic acids is 1. The number of carbonyl (C=O) groups is 1. The van der Waals surface area contributed by atoms with Crippen LogP contribution in [0, 0.1) is 6.92 Å². The highest BCUT2D eigenvalue weighted by Gasteiger charge is 2.20. The normalized spacial score (nSPS) is 11.9. The van der Waals surface area contributed by atoms with Crippen LogP contribution in [0.2, 0.25) is 0 Å². The van der Waals surface area contributed by atoms with Crippen molar-refractivity contribution in [3.63, 3.8) is 0 Å². The lowest BCUT2D eigenvalue weighted by atomic mass is 10.0. The van der Waals surface area contributed by atoms with Crippen molar-refractivity contribution in [1.29, 1.82) is 0 Å². The largest absolute Gasteiger partial charge is 0.338 e. The molecule has 4 aromatic rings. The molecule has 0 saturated carbocycles. The first kappa shape index (κ1) is 17.2. The van der Waals surface area contributed by atoms with Crippen molar-refractivity contribution in [2.75, 3.05) is 0 Å². The third-order valence-corrected chi connectivity index (χ3v) is 5.24. The van der Waals surface area contributed by atoms with Gasteiger partial charge in [-0.1, -0.05) is 36.4 Å². The maximum Gasteiger partial charge on any atom is 0.272 e. The van der Waals surface area contributed by atoms with E-state index in [9.17, 15) is 4.79 Å². The molecular weight excluding hydrogens is 356 g/mol. The van der Waals surface area contributed by atoms with E-state index in [0.29, 0.717) is 5.69 Å². The van der Waals surface area contributed by atoms with Gasteiger partial charge in [0.2, 0.25) is 0 Å². The number of benzene rings is 1. The second kappa shape index (κ2) is 7.55. The van der Waals surface area contributed by atoms with E-state index in [1.165, 1.54) is 4.88 Å². The zero-order valence-electron chi connectivity index (χ0n) is 14.7. The zero-order valence-corrected chi connectivity index (χ0v) is 15.5. The van der Waals surface area contributed by atoms with Gasteiger partial charge in [-0.3, -0.25) is 14.9 Å². The van der Waals surface area contributed by atoms with Gasteiger partial charge in [0.25, 0.3) is 5.91 Å². The Bertz CT molecular complexity index is 1000. The maximum atomic E-state index is 12.8. The van der Waals surface area contributed by atoms with Crippen molar-refractivity contribution >= 4 is 17.2 Å². The molecule has 0 aliphatic carbocycles. The summed E-state index contributed by atoms with van der Waals surface area (Å²) in [5.41, 5.74) is 2.94. The second-order valence-electron chi connectivity index (χ2n) is 6.15. The minimum atomic E-state index is -0.343. The number of aromatic nitrogens is 3. The minimum Gasteiger partial charge on any atom is -0.338 e. The number of nitrogens with zero attached hydrogens (tertiary/aromatic N) is 2. The first-order valence-corrected chi connectivity index (χ1v) is 9.41. The van der Waals surface area contributed by atoms with Crippen molar-refractivity contribution < 1.29 is 4.79 Å². The van der Waals surface area contributed by atoms with Gasteiger partial charge in [-0.15, -0.1) is 11.3 Å². The molecule has 3 heterocycles. The summed E-state index contributed by atoms with van der Waals surface area (Å²) in [5, 5.41) is 10.2. The number of nitrogens with one attached hydrogen (secondary N) is 2. The van der Waals surface area contributed by atoms with Crippen LogP contribution in [0.4, 0.5) is 0 Å². The predicted molar refractivity (Wildman–Crippen MR) is 107 cm³/mol. The summed E-state index contributed by atoms with van der Waals surface area (Å²) in [6, 6.07) is 21.0. The molecule has 6 heteroatoms. The van der Waals surface area contributed by atoms with Gasteiger partial charge in [-0.25, -0.2) is 0 Å². The number of amides is 1. The van der Waals surface area contributed by atoms with Crippen molar-refractivity contribution in [2.45, 2.75) is 13.0 Å². The van der Waals surface area contributed by atoms with Gasteiger partial charge in [-0.05, 0) is 42.8 Å². The van der Waals surface area contributed by atoms with E-state index in [4.69, 9.17) is 0 Å². The molecule has 3 aromatic heterocycles. The molecule has 0 aliphatic rings. The summed E-state index contributed by atoms with van der Waals surface area (Å²) in [7, 11) is 0. The molecule has 0 spiro atoms. The molecule has 1 aromatic carbocycles. The summed E-state index contributed by atoms with van der Waals surface area (Å²) in [6.07, 6.45) is 1.73. The van der Waals surface area contributed by atoms with Gasteiger partial charge in [0.05, 0.1) is 22.3 Å². The van der Waals surface area contributed by atoms with Crippen molar-refractivity contribution in [3.8, 4) is 10.6 Å². The SMILES string of the molecule is Cc1ccc(-c2cc(C(=O)NC(c3ccccc3)c3ccccn3)n[nH]2)s1. The molecule has 1 atom stereocenters. The fourth-order valence-corrected chi connectivity index (χ4v) is 3.70. The standard InChI is InChI=1S/C21H18N4OS/c1-14-10-11-19(27-14)17-13-18(25-24-17)21(26)23-20(15-7-3-2-4-8-15)16-9-5-6-12-22-16/h2-13,20H,1H3,(H,23,26)(H,24,25). The molecule has 0 fully saturated rings. The van der Waals surface area contributed by atoms with Crippen molar-refractivity contribution in [2.24, 2.45) is 0 Å². The van der Waals surface area contributed by atoms with Gasteiger partial charge in [0, 0.05) is 11.1 Å². The fourth-order valence-electron chi connectivity index (χ4n) is 2.87. The first-order chi connectivity index (χ1) is 13.2. The Morgan fingerprint density at radius 2 is 1.89 bits per heavy atom. The molecule has 0 radical (unpaired) electrons. The predicted octanol–water partition coefficient (Wildman–Crippen LogP) is 4.36. The highest BCUT2D eigenvalue weighted by atomic mass is 32.1. The van der Waals surface area contributed by atoms with Crippen LogP contribution in [-0.4, -0.2) is 21.1 Å². The molecule has 1 amide bonds. The number of aryl methyl sites for hydroxylation is 1. The lowest BCUT2D eigenvalue weighted by Crippen LogP contribution is -2.30. The molecule has 5 nitrogen and oxygen atoms in total. The minimum absolute atomic E-state index is 0.245. The lowest BCUT2D eigenvalue weighted by molar-refractivity contribution is 0.0937. The van der Waals surface area contributed by atoms with Gasteiger partial charge in [0.1, 0.15) is 0 Å². The number of H-pyrrole nitrogens is 1. The number of thiophene rings is 1. The molecule has 1 unspecified atom stereocenters. The summed E-state index contributed by atoms with van der Waals surface area (Å²) in [6.45, 7) is 2.05. The fraction of sp³-hybridized carbons (Fsp3) is 0.0952. The lowest BCUT2D eigenvalue weighted by Gasteiger charge is -2.18. The number of pyridine rings is 1. The molecule has 2 N–H and O–H groups in total. The van der Waals surface area contributed by atoms with Crippen LogP contribution in [0.15, 0.2) is 72.9 Å². The topological polar surface area (TPSA) is 70.7 Å². The van der Waals surface area contributed by atoms with Crippen LogP contribution in [0.3, 0.4) is 0 Å². The molecule has 27 heavy (non-hydrogen) atoms. The Balaban J connectivity index is 1.60. The summed E-state index contributed by atoms with van der Waals surface area (Å²) < 4.78 is 0. The van der Waals surface area contributed by atoms with Crippen LogP contribution in [-0.2, 0) is 0 Å². The quantitative estimate of drug-likeness (QED) is 0.545. The Morgan fingerprint density at radius 1 is 1.07 bits per heavy atom. The first-order valence-electron chi connectivity index (χ1n) is 8.59. The second-order valence-corrected chi connectivity index (χ2v) is 7.44. The molecule has 0 saturated heterocycles. The Morgan fingerprint density at radius 3 is 2.59 bits per heavy atom. The summed E-state index contributed by atoms with van der Waals surface area (Å²) in [4.78, 5) is 19.5. The van der Waals surface area contributed by atoms with E-state index in [0.717, 1.165) is 21.8 Å². The Labute approximate surface area is 161 Å². The maximum absolute atomic E-state index is 12.8. The van der Waals surface area contributed by atoms with Gasteiger partial charge in [0.15, 0.2) is 5.69 Å². The Kier molecular flexibility index (Phi) is 4.80. The smallest absolute Gasteiger partial charge is 0.272 e.